The lowest BCUT2D eigenvalue weighted by Gasteiger charge is -2.06. The number of carbonyl (C=O) groups excluding carboxylic acids is 1. The highest BCUT2D eigenvalue weighted by Gasteiger charge is 2.16. The van der Waals surface area contributed by atoms with Crippen LogP contribution in [0.25, 0.3) is 10.4 Å². The van der Waals surface area contributed by atoms with Gasteiger partial charge in [0.25, 0.3) is 0 Å². The van der Waals surface area contributed by atoms with E-state index in [1.807, 2.05) is 0 Å². The van der Waals surface area contributed by atoms with E-state index < -0.39 is 11.6 Å². The summed E-state index contributed by atoms with van der Waals surface area (Å²) in [4.78, 5) is 14.9. The van der Waals surface area contributed by atoms with Gasteiger partial charge in [0.05, 0.1) is 5.56 Å². The number of halogens is 2. The van der Waals surface area contributed by atoms with Crippen LogP contribution in [0.15, 0.2) is 52.1 Å². The summed E-state index contributed by atoms with van der Waals surface area (Å²) in [5.41, 5.74) is 8.74. The standard InChI is InChI=1S/C13H7BrFN3O/c14-8-5-6-12(17-18-16)10(7-8)13(19)9-3-1-2-4-11(9)15/h1-7H. The van der Waals surface area contributed by atoms with Crippen LogP contribution in [0.1, 0.15) is 15.9 Å². The van der Waals surface area contributed by atoms with Gasteiger partial charge in [-0.15, -0.1) is 0 Å². The van der Waals surface area contributed by atoms with Crippen LogP contribution in [-0.2, 0) is 0 Å². The first-order chi connectivity index (χ1) is 9.13. The Labute approximate surface area is 116 Å². The Balaban J connectivity index is 2.58. The Morgan fingerprint density at radius 3 is 2.63 bits per heavy atom. The summed E-state index contributed by atoms with van der Waals surface area (Å²) in [5, 5.41) is 3.44. The van der Waals surface area contributed by atoms with Crippen molar-refractivity contribution in [3.63, 3.8) is 0 Å². The van der Waals surface area contributed by atoms with Gasteiger partial charge in [0.1, 0.15) is 5.82 Å². The van der Waals surface area contributed by atoms with E-state index in [2.05, 4.69) is 26.0 Å². The number of nitrogens with zero attached hydrogens (tertiary/aromatic N) is 3. The number of azide groups is 1. The van der Waals surface area contributed by atoms with Crippen LogP contribution in [0.3, 0.4) is 0 Å². The molecule has 2 rings (SSSR count). The van der Waals surface area contributed by atoms with Gasteiger partial charge in [0, 0.05) is 20.6 Å². The lowest BCUT2D eigenvalue weighted by atomic mass is 10.0. The fourth-order valence-electron chi connectivity index (χ4n) is 1.62. The Hall–Kier alpha value is -2.17. The molecule has 0 N–H and O–H groups in total. The Bertz CT molecular complexity index is 696. The van der Waals surface area contributed by atoms with Crippen molar-refractivity contribution in [2.75, 3.05) is 0 Å². The molecule has 0 spiro atoms. The third kappa shape index (κ3) is 2.81. The minimum Gasteiger partial charge on any atom is -0.288 e. The molecule has 94 valence electrons. The predicted molar refractivity (Wildman–Crippen MR) is 72.8 cm³/mol. The zero-order valence-electron chi connectivity index (χ0n) is 9.55. The quantitative estimate of drug-likeness (QED) is 0.348. The molecule has 0 aromatic heterocycles. The van der Waals surface area contributed by atoms with Crippen molar-refractivity contribution in [3.05, 3.63) is 74.3 Å². The number of hydrogen-bond acceptors (Lipinski definition) is 2. The zero-order chi connectivity index (χ0) is 13.8. The van der Waals surface area contributed by atoms with E-state index in [1.165, 1.54) is 30.3 Å². The van der Waals surface area contributed by atoms with Crippen LogP contribution in [-0.4, -0.2) is 5.78 Å². The monoisotopic (exact) mass is 319 g/mol. The molecule has 0 saturated carbocycles. The first-order valence-corrected chi connectivity index (χ1v) is 6.06. The van der Waals surface area contributed by atoms with Gasteiger partial charge in [-0.05, 0) is 29.8 Å². The molecule has 0 fully saturated rings. The molecule has 0 aliphatic heterocycles. The van der Waals surface area contributed by atoms with Crippen LogP contribution >= 0.6 is 15.9 Å². The van der Waals surface area contributed by atoms with Gasteiger partial charge < -0.3 is 0 Å². The highest BCUT2D eigenvalue weighted by atomic mass is 79.9. The fraction of sp³-hybridized carbons (Fsp3) is 0. The molecule has 6 heteroatoms. The lowest BCUT2D eigenvalue weighted by Crippen LogP contribution is -2.04. The molecular weight excluding hydrogens is 313 g/mol. The third-order valence-corrected chi connectivity index (χ3v) is 2.97. The van der Waals surface area contributed by atoms with Crippen LogP contribution in [0.4, 0.5) is 10.1 Å². The molecule has 0 heterocycles. The van der Waals surface area contributed by atoms with Crippen LogP contribution in [0.2, 0.25) is 0 Å². The van der Waals surface area contributed by atoms with E-state index in [4.69, 9.17) is 5.53 Å². The van der Waals surface area contributed by atoms with Gasteiger partial charge in [-0.2, -0.15) is 0 Å². The molecule has 0 aliphatic rings. The normalized spacial score (nSPS) is 9.79. The van der Waals surface area contributed by atoms with Crippen molar-refractivity contribution >= 4 is 27.4 Å². The minimum atomic E-state index is -0.612. The van der Waals surface area contributed by atoms with Crippen molar-refractivity contribution in [2.45, 2.75) is 0 Å². The van der Waals surface area contributed by atoms with E-state index in [0.29, 0.717) is 4.47 Å². The number of benzene rings is 2. The smallest absolute Gasteiger partial charge is 0.196 e. The lowest BCUT2D eigenvalue weighted by molar-refractivity contribution is 0.103. The Morgan fingerprint density at radius 2 is 1.95 bits per heavy atom. The summed E-state index contributed by atoms with van der Waals surface area (Å²) in [6.07, 6.45) is 0. The van der Waals surface area contributed by atoms with E-state index in [0.717, 1.165) is 0 Å². The maximum atomic E-state index is 13.6. The molecule has 0 atom stereocenters. The molecule has 19 heavy (non-hydrogen) atoms. The predicted octanol–water partition coefficient (Wildman–Crippen LogP) is 4.76. The maximum Gasteiger partial charge on any atom is 0.196 e. The number of carbonyl (C=O) groups is 1. The van der Waals surface area contributed by atoms with Crippen molar-refractivity contribution in [1.82, 2.24) is 0 Å². The van der Waals surface area contributed by atoms with E-state index in [1.54, 1.807) is 12.1 Å². The SMILES string of the molecule is [N-]=[N+]=Nc1ccc(Br)cc1C(=O)c1ccccc1F. The highest BCUT2D eigenvalue weighted by molar-refractivity contribution is 9.10. The average molecular weight is 320 g/mol. The Kier molecular flexibility index (Phi) is 3.94. The van der Waals surface area contributed by atoms with Gasteiger partial charge in [0.2, 0.25) is 0 Å². The second-order valence-electron chi connectivity index (χ2n) is 3.66. The first kappa shape index (κ1) is 13.3. The minimum absolute atomic E-state index is 0.0602. The van der Waals surface area contributed by atoms with Gasteiger partial charge in [-0.25, -0.2) is 4.39 Å². The molecule has 0 amide bonds. The Morgan fingerprint density at radius 1 is 1.21 bits per heavy atom. The van der Waals surface area contributed by atoms with Crippen molar-refractivity contribution in [2.24, 2.45) is 5.11 Å². The van der Waals surface area contributed by atoms with E-state index >= 15 is 0 Å². The number of hydrogen-bond donors (Lipinski definition) is 0. The zero-order valence-corrected chi connectivity index (χ0v) is 11.1. The second kappa shape index (κ2) is 5.65. The van der Waals surface area contributed by atoms with E-state index in [9.17, 15) is 9.18 Å². The highest BCUT2D eigenvalue weighted by Crippen LogP contribution is 2.27. The molecule has 0 radical (unpaired) electrons. The maximum absolute atomic E-state index is 13.6. The van der Waals surface area contributed by atoms with Gasteiger partial charge in [-0.3, -0.25) is 4.79 Å². The molecule has 0 aliphatic carbocycles. The van der Waals surface area contributed by atoms with E-state index in [-0.39, 0.29) is 16.8 Å². The van der Waals surface area contributed by atoms with Crippen molar-refractivity contribution in [1.29, 1.82) is 0 Å². The largest absolute Gasteiger partial charge is 0.288 e. The molecule has 4 nitrogen and oxygen atoms in total. The van der Waals surface area contributed by atoms with Crippen LogP contribution in [0, 0.1) is 5.82 Å². The van der Waals surface area contributed by atoms with Crippen LogP contribution < -0.4 is 0 Å². The first-order valence-electron chi connectivity index (χ1n) is 5.27. The molecule has 0 bridgehead atoms. The topological polar surface area (TPSA) is 65.8 Å². The summed E-state index contributed by atoms with van der Waals surface area (Å²) in [7, 11) is 0. The molecule has 0 unspecified atom stereocenters. The summed E-state index contributed by atoms with van der Waals surface area (Å²) in [5.74, 6) is -1.14. The number of rotatable bonds is 3. The summed E-state index contributed by atoms with van der Waals surface area (Å²) in [6, 6.07) is 10.3. The molecule has 2 aromatic rings. The fourth-order valence-corrected chi connectivity index (χ4v) is 1.98. The molecule has 2 aromatic carbocycles. The molecule has 0 saturated heterocycles. The summed E-state index contributed by atoms with van der Waals surface area (Å²) < 4.78 is 14.3. The van der Waals surface area contributed by atoms with Crippen molar-refractivity contribution in [3.8, 4) is 0 Å². The number of ketones is 1. The van der Waals surface area contributed by atoms with Gasteiger partial charge in [0.15, 0.2) is 5.78 Å². The average Bonchev–Trinajstić information content (AvgIpc) is 2.41. The second-order valence-corrected chi connectivity index (χ2v) is 4.58. The summed E-state index contributed by atoms with van der Waals surface area (Å²) in [6.45, 7) is 0. The molecular formula is C13H7BrFN3O. The third-order valence-electron chi connectivity index (χ3n) is 2.47. The van der Waals surface area contributed by atoms with Gasteiger partial charge in [-0.1, -0.05) is 39.2 Å². The van der Waals surface area contributed by atoms with Gasteiger partial charge >= 0.3 is 0 Å². The summed E-state index contributed by atoms with van der Waals surface area (Å²) >= 11 is 3.23. The van der Waals surface area contributed by atoms with Crippen molar-refractivity contribution < 1.29 is 9.18 Å². The van der Waals surface area contributed by atoms with Crippen LogP contribution in [0.5, 0.6) is 0 Å².